The van der Waals surface area contributed by atoms with E-state index in [9.17, 15) is 26.4 Å². The average Bonchev–Trinajstić information content (AvgIpc) is 3.31. The van der Waals surface area contributed by atoms with Crippen molar-refractivity contribution in [1.82, 2.24) is 19.6 Å². The van der Waals surface area contributed by atoms with Crippen molar-refractivity contribution < 1.29 is 35.2 Å². The maximum absolute atomic E-state index is 12.4. The number of aromatic nitrogens is 4. The van der Waals surface area contributed by atoms with Gasteiger partial charge in [-0.3, -0.25) is 19.3 Å². The molecular formula is C23H17Br2F3N4O6S. The second-order valence-electron chi connectivity index (χ2n) is 8.21. The highest BCUT2D eigenvalue weighted by Gasteiger charge is 2.49. The van der Waals surface area contributed by atoms with Gasteiger partial charge in [-0.1, -0.05) is 31.9 Å². The number of H-pyrrole nitrogens is 1. The first-order chi connectivity index (χ1) is 18.4. The number of rotatable bonds is 2. The molecule has 206 valence electrons. The number of nitrogens with one attached hydrogen (secondary N) is 1. The van der Waals surface area contributed by atoms with Crippen molar-refractivity contribution >= 4 is 42.0 Å². The van der Waals surface area contributed by atoms with E-state index < -0.39 is 21.5 Å². The van der Waals surface area contributed by atoms with Crippen LogP contribution in [0.1, 0.15) is 0 Å². The normalized spacial score (nSPS) is 14.1. The number of ether oxygens (including phenoxy) is 2. The van der Waals surface area contributed by atoms with Crippen LogP contribution in [0.15, 0.2) is 62.3 Å². The first-order valence-corrected chi connectivity index (χ1v) is 14.1. The van der Waals surface area contributed by atoms with E-state index in [1.807, 2.05) is 22.9 Å². The first-order valence-electron chi connectivity index (χ1n) is 11.2. The van der Waals surface area contributed by atoms with E-state index in [2.05, 4.69) is 46.2 Å². The van der Waals surface area contributed by atoms with Gasteiger partial charge in [-0.15, -0.1) is 5.10 Å². The summed E-state index contributed by atoms with van der Waals surface area (Å²) in [5.41, 5.74) is -2.80. The third-order valence-electron chi connectivity index (χ3n) is 5.61. The van der Waals surface area contributed by atoms with Gasteiger partial charge in [0.2, 0.25) is 0 Å². The molecule has 2 aliphatic rings. The van der Waals surface area contributed by atoms with Crippen molar-refractivity contribution in [3.63, 3.8) is 0 Å². The van der Waals surface area contributed by atoms with Crippen LogP contribution < -0.4 is 19.2 Å². The quantitative estimate of drug-likeness (QED) is 0.234. The van der Waals surface area contributed by atoms with Crippen molar-refractivity contribution in [2.24, 2.45) is 0 Å². The molecule has 0 saturated heterocycles. The summed E-state index contributed by atoms with van der Waals surface area (Å²) < 4.78 is 79.4. The molecule has 0 bridgehead atoms. The molecule has 0 atom stereocenters. The molecular weight excluding hydrogens is 677 g/mol. The van der Waals surface area contributed by atoms with Crippen LogP contribution in [0, 0.1) is 0 Å². The zero-order chi connectivity index (χ0) is 27.9. The van der Waals surface area contributed by atoms with Crippen LogP contribution >= 0.6 is 31.9 Å². The van der Waals surface area contributed by atoms with Gasteiger partial charge < -0.3 is 13.7 Å². The van der Waals surface area contributed by atoms with E-state index in [1.54, 1.807) is 24.3 Å². The Bertz CT molecular complexity index is 1720. The van der Waals surface area contributed by atoms with Gasteiger partial charge in [0.25, 0.3) is 11.4 Å². The molecule has 10 nitrogen and oxygen atoms in total. The zero-order valence-electron chi connectivity index (χ0n) is 19.5. The molecule has 0 radical (unpaired) electrons. The Kier molecular flexibility index (Phi) is 7.28. The van der Waals surface area contributed by atoms with Gasteiger partial charge in [0, 0.05) is 32.2 Å². The molecule has 6 rings (SSSR count). The van der Waals surface area contributed by atoms with Gasteiger partial charge in [0.1, 0.15) is 24.7 Å². The predicted octanol–water partition coefficient (Wildman–Crippen LogP) is 4.93. The number of hydrogen-bond acceptors (Lipinski definition) is 7. The Balaban J connectivity index is 0.000000168. The van der Waals surface area contributed by atoms with Gasteiger partial charge >= 0.3 is 15.6 Å². The predicted molar refractivity (Wildman–Crippen MR) is 140 cm³/mol. The molecule has 2 aromatic heterocycles. The highest BCUT2D eigenvalue weighted by molar-refractivity contribution is 9.10. The van der Waals surface area contributed by atoms with Crippen LogP contribution in [0.25, 0.3) is 22.5 Å². The van der Waals surface area contributed by atoms with Crippen molar-refractivity contribution in [2.45, 2.75) is 18.6 Å². The molecule has 0 saturated carbocycles. The number of hydrogen-bond donors (Lipinski definition) is 1. The topological polar surface area (TPSA) is 117 Å². The standard InChI is InChI=1S/C12H8BrF3N2O4S.C11H9BrN2O2/c13-7-1-2-8-9-6-11(22-23(19,20)12(14,15)16)17-18(9)3-4-21-10(8)5-7;12-7-1-2-8-9-6-11(15)13-14(9)3-4-16-10(8)5-7/h1-2,5-6H,3-4H2;1-2,5-6H,3-4H2,(H,13,15). The lowest BCUT2D eigenvalue weighted by Gasteiger charge is -2.07. The number of nitrogens with zero attached hydrogens (tertiary/aromatic N) is 3. The summed E-state index contributed by atoms with van der Waals surface area (Å²) in [6, 6.07) is 13.6. The molecule has 0 amide bonds. The van der Waals surface area contributed by atoms with Gasteiger partial charge in [-0.25, -0.2) is 0 Å². The highest BCUT2D eigenvalue weighted by Crippen LogP contribution is 2.37. The minimum Gasteiger partial charge on any atom is -0.491 e. The molecule has 39 heavy (non-hydrogen) atoms. The lowest BCUT2D eigenvalue weighted by Crippen LogP contribution is -2.28. The van der Waals surface area contributed by atoms with E-state index in [-0.39, 0.29) is 18.7 Å². The monoisotopic (exact) mass is 692 g/mol. The smallest absolute Gasteiger partial charge is 0.491 e. The van der Waals surface area contributed by atoms with Gasteiger partial charge in [0.05, 0.1) is 24.5 Å². The van der Waals surface area contributed by atoms with Crippen molar-refractivity contribution in [3.05, 3.63) is 67.8 Å². The van der Waals surface area contributed by atoms with Gasteiger partial charge in [-0.05, 0) is 36.4 Å². The number of fused-ring (bicyclic) bond motifs is 6. The average molecular weight is 694 g/mol. The van der Waals surface area contributed by atoms with E-state index in [0.29, 0.717) is 30.2 Å². The fraction of sp³-hybridized carbons (Fsp3) is 0.217. The third kappa shape index (κ3) is 5.72. The Labute approximate surface area is 235 Å². The van der Waals surface area contributed by atoms with E-state index in [0.717, 1.165) is 32.0 Å². The Hall–Kier alpha value is -3.24. The second kappa shape index (κ2) is 10.4. The van der Waals surface area contributed by atoms with Crippen LogP contribution in [0.2, 0.25) is 0 Å². The first kappa shape index (κ1) is 27.3. The second-order valence-corrected chi connectivity index (χ2v) is 11.6. The molecule has 4 heterocycles. The molecule has 16 heteroatoms. The fourth-order valence-corrected chi connectivity index (χ4v) is 5.03. The SMILES string of the molecule is O=S(=O)(Oc1cc2n(n1)CCOc1cc(Br)ccc1-2)C(F)(F)F.O=c1cc2n([nH]1)CCOc1cc(Br)ccc1-2. The minimum atomic E-state index is -5.76. The molecule has 1 N–H and O–H groups in total. The van der Waals surface area contributed by atoms with Crippen LogP contribution in [-0.2, 0) is 23.2 Å². The lowest BCUT2D eigenvalue weighted by molar-refractivity contribution is -0.0501. The maximum atomic E-state index is 12.4. The fourth-order valence-electron chi connectivity index (χ4n) is 3.95. The Morgan fingerprint density at radius 2 is 1.49 bits per heavy atom. The summed E-state index contributed by atoms with van der Waals surface area (Å²) in [5, 5.41) is 6.52. The van der Waals surface area contributed by atoms with E-state index in [1.165, 1.54) is 4.68 Å². The number of alkyl halides is 3. The van der Waals surface area contributed by atoms with Crippen molar-refractivity contribution in [3.8, 4) is 39.9 Å². The van der Waals surface area contributed by atoms with Gasteiger partial charge in [0.15, 0.2) is 0 Å². The van der Waals surface area contributed by atoms with Crippen molar-refractivity contribution in [2.75, 3.05) is 13.2 Å². The number of aromatic amines is 1. The van der Waals surface area contributed by atoms with Crippen LogP contribution in [-0.4, -0.2) is 46.7 Å². The minimum absolute atomic E-state index is 0.0780. The Morgan fingerprint density at radius 1 is 0.897 bits per heavy atom. The third-order valence-corrected chi connectivity index (χ3v) is 7.56. The summed E-state index contributed by atoms with van der Waals surface area (Å²) in [5.74, 6) is 0.663. The lowest BCUT2D eigenvalue weighted by atomic mass is 10.1. The molecule has 0 fully saturated rings. The van der Waals surface area contributed by atoms with Gasteiger partial charge in [-0.2, -0.15) is 21.6 Å². The molecule has 2 aliphatic heterocycles. The summed E-state index contributed by atoms with van der Waals surface area (Å²) >= 11 is 6.70. The van der Waals surface area contributed by atoms with Crippen LogP contribution in [0.3, 0.4) is 0 Å². The van der Waals surface area contributed by atoms with E-state index >= 15 is 0 Å². The molecule has 0 aliphatic carbocycles. The number of benzene rings is 2. The summed E-state index contributed by atoms with van der Waals surface area (Å²) in [6.45, 7) is 1.67. The van der Waals surface area contributed by atoms with Crippen LogP contribution in [0.5, 0.6) is 17.4 Å². The molecule has 4 aromatic rings. The van der Waals surface area contributed by atoms with Crippen molar-refractivity contribution in [1.29, 1.82) is 0 Å². The zero-order valence-corrected chi connectivity index (χ0v) is 23.5. The Morgan fingerprint density at radius 3 is 2.10 bits per heavy atom. The molecule has 0 spiro atoms. The largest absolute Gasteiger partial charge is 0.534 e. The molecule has 2 aromatic carbocycles. The highest BCUT2D eigenvalue weighted by atomic mass is 79.9. The maximum Gasteiger partial charge on any atom is 0.534 e. The molecule has 0 unspecified atom stereocenters. The van der Waals surface area contributed by atoms with Crippen LogP contribution in [0.4, 0.5) is 13.2 Å². The van der Waals surface area contributed by atoms with E-state index in [4.69, 9.17) is 9.47 Å². The summed E-state index contributed by atoms with van der Waals surface area (Å²) in [6.07, 6.45) is 0. The summed E-state index contributed by atoms with van der Waals surface area (Å²) in [7, 11) is -5.76. The summed E-state index contributed by atoms with van der Waals surface area (Å²) in [4.78, 5) is 11.3. The number of halogens is 5.